The van der Waals surface area contributed by atoms with E-state index in [0.29, 0.717) is 6.54 Å². The van der Waals surface area contributed by atoms with Gasteiger partial charge in [0.1, 0.15) is 0 Å². The highest BCUT2D eigenvalue weighted by atomic mass is 32.2. The number of β-amino-alcohol motifs (C(OH)–C–C–N with tert-alkyl or cyclic N) is 1. The van der Waals surface area contributed by atoms with Crippen molar-refractivity contribution in [2.24, 2.45) is 7.05 Å². The summed E-state index contributed by atoms with van der Waals surface area (Å²) >= 11 is 1.57. The molecule has 0 aliphatic carbocycles. The van der Waals surface area contributed by atoms with Gasteiger partial charge in [0, 0.05) is 13.6 Å². The van der Waals surface area contributed by atoms with Crippen LogP contribution in [0, 0.1) is 0 Å². The first kappa shape index (κ1) is 9.95. The second kappa shape index (κ2) is 3.88. The second-order valence-electron chi connectivity index (χ2n) is 3.45. The van der Waals surface area contributed by atoms with Gasteiger partial charge in [-0.15, -0.1) is 10.2 Å². The van der Waals surface area contributed by atoms with Gasteiger partial charge in [0.25, 0.3) is 0 Å². The molecule has 1 saturated heterocycles. The van der Waals surface area contributed by atoms with Crippen LogP contribution in [0.15, 0.2) is 5.16 Å². The van der Waals surface area contributed by atoms with E-state index in [1.54, 1.807) is 11.8 Å². The number of aromatic nitrogens is 3. The Kier molecular flexibility index (Phi) is 2.76. The highest BCUT2D eigenvalue weighted by Crippen LogP contribution is 2.23. The molecule has 1 aliphatic rings. The van der Waals surface area contributed by atoms with Crippen LogP contribution in [0.1, 0.15) is 18.3 Å². The number of aliphatic hydroxyl groups excluding tert-OH is 1. The van der Waals surface area contributed by atoms with Gasteiger partial charge in [0.05, 0.1) is 12.1 Å². The Hall–Kier alpha value is -0.590. The predicted molar refractivity (Wildman–Crippen MR) is 54.2 cm³/mol. The summed E-state index contributed by atoms with van der Waals surface area (Å²) in [6.45, 7) is 0.645. The molecule has 5 nitrogen and oxygen atoms in total. The van der Waals surface area contributed by atoms with Gasteiger partial charge in [-0.1, -0.05) is 11.8 Å². The van der Waals surface area contributed by atoms with E-state index in [-0.39, 0.29) is 12.1 Å². The van der Waals surface area contributed by atoms with E-state index in [9.17, 15) is 5.11 Å². The first-order chi connectivity index (χ1) is 6.72. The van der Waals surface area contributed by atoms with Crippen LogP contribution >= 0.6 is 11.8 Å². The zero-order valence-electron chi connectivity index (χ0n) is 8.27. The maximum atomic E-state index is 9.39. The molecule has 0 radical (unpaired) electrons. The molecule has 0 saturated carbocycles. The molecule has 2 atom stereocenters. The summed E-state index contributed by atoms with van der Waals surface area (Å²) in [6.07, 6.45) is 2.44. The molecule has 1 aliphatic heterocycles. The summed E-state index contributed by atoms with van der Waals surface area (Å²) in [5, 5.41) is 21.7. The van der Waals surface area contributed by atoms with Gasteiger partial charge in [0.15, 0.2) is 11.0 Å². The van der Waals surface area contributed by atoms with E-state index in [1.807, 2.05) is 17.9 Å². The van der Waals surface area contributed by atoms with Gasteiger partial charge in [0.2, 0.25) is 0 Å². The zero-order chi connectivity index (χ0) is 10.1. The molecule has 0 aromatic carbocycles. The zero-order valence-corrected chi connectivity index (χ0v) is 9.08. The number of nitrogens with one attached hydrogen (secondary N) is 1. The summed E-state index contributed by atoms with van der Waals surface area (Å²) in [4.78, 5) is 0. The first-order valence-corrected chi connectivity index (χ1v) is 5.79. The molecule has 14 heavy (non-hydrogen) atoms. The van der Waals surface area contributed by atoms with Gasteiger partial charge < -0.3 is 15.0 Å². The summed E-state index contributed by atoms with van der Waals surface area (Å²) in [5.41, 5.74) is 0. The van der Waals surface area contributed by atoms with Crippen molar-refractivity contribution in [1.82, 2.24) is 20.1 Å². The van der Waals surface area contributed by atoms with Crippen LogP contribution in [0.3, 0.4) is 0 Å². The lowest BCUT2D eigenvalue weighted by molar-refractivity contribution is 0.192. The largest absolute Gasteiger partial charge is 0.392 e. The summed E-state index contributed by atoms with van der Waals surface area (Å²) in [5.74, 6) is 0.908. The molecule has 0 amide bonds. The summed E-state index contributed by atoms with van der Waals surface area (Å²) in [7, 11) is 1.95. The molecule has 2 rings (SSSR count). The van der Waals surface area contributed by atoms with Crippen molar-refractivity contribution in [2.45, 2.75) is 23.7 Å². The SMILES string of the molecule is CSc1nnc([C@H]2C[C@@H](O)CN2)n1C. The molecule has 0 spiro atoms. The molecule has 1 fully saturated rings. The van der Waals surface area contributed by atoms with Crippen LogP contribution < -0.4 is 5.32 Å². The van der Waals surface area contributed by atoms with Crippen LogP contribution in [-0.2, 0) is 7.05 Å². The maximum Gasteiger partial charge on any atom is 0.190 e. The lowest BCUT2D eigenvalue weighted by Crippen LogP contribution is -2.17. The van der Waals surface area contributed by atoms with Crippen molar-refractivity contribution < 1.29 is 5.11 Å². The highest BCUT2D eigenvalue weighted by Gasteiger charge is 2.27. The van der Waals surface area contributed by atoms with E-state index in [2.05, 4.69) is 15.5 Å². The van der Waals surface area contributed by atoms with E-state index in [4.69, 9.17) is 0 Å². The lowest BCUT2D eigenvalue weighted by atomic mass is 10.2. The molecule has 1 aromatic heterocycles. The van der Waals surface area contributed by atoms with Crippen LogP contribution in [0.4, 0.5) is 0 Å². The molecule has 0 bridgehead atoms. The molecule has 2 heterocycles. The maximum absolute atomic E-state index is 9.39. The van der Waals surface area contributed by atoms with Crippen molar-refractivity contribution in [3.63, 3.8) is 0 Å². The monoisotopic (exact) mass is 214 g/mol. The van der Waals surface area contributed by atoms with Crippen LogP contribution in [0.5, 0.6) is 0 Å². The van der Waals surface area contributed by atoms with Gasteiger partial charge in [-0.25, -0.2) is 0 Å². The molecular formula is C8H14N4OS. The standard InChI is InChI=1S/C8H14N4OS/c1-12-7(10-11-8(12)14-2)6-3-5(13)4-9-6/h5-6,9,13H,3-4H2,1-2H3/t5-,6-/m1/s1. The number of hydrogen-bond donors (Lipinski definition) is 2. The van der Waals surface area contributed by atoms with Crippen molar-refractivity contribution >= 4 is 11.8 Å². The van der Waals surface area contributed by atoms with Crippen molar-refractivity contribution in [3.05, 3.63) is 5.82 Å². The average Bonchev–Trinajstić information content (AvgIpc) is 2.72. The third-order valence-electron chi connectivity index (χ3n) is 2.47. The quantitative estimate of drug-likeness (QED) is 0.675. The summed E-state index contributed by atoms with van der Waals surface area (Å²) < 4.78 is 1.97. The Morgan fingerprint density at radius 1 is 1.57 bits per heavy atom. The fraction of sp³-hybridized carbons (Fsp3) is 0.750. The number of rotatable bonds is 2. The number of aliphatic hydroxyl groups is 1. The smallest absolute Gasteiger partial charge is 0.190 e. The Bertz CT molecular complexity index is 327. The summed E-state index contributed by atoms with van der Waals surface area (Å²) in [6, 6.07) is 0.142. The van der Waals surface area contributed by atoms with Crippen LogP contribution in [0.2, 0.25) is 0 Å². The molecule has 0 unspecified atom stereocenters. The van der Waals surface area contributed by atoms with E-state index in [0.717, 1.165) is 17.4 Å². The number of thioether (sulfide) groups is 1. The molecule has 6 heteroatoms. The Morgan fingerprint density at radius 3 is 2.86 bits per heavy atom. The number of hydrogen-bond acceptors (Lipinski definition) is 5. The Morgan fingerprint density at radius 2 is 2.36 bits per heavy atom. The average molecular weight is 214 g/mol. The van der Waals surface area contributed by atoms with Crippen molar-refractivity contribution in [3.8, 4) is 0 Å². The predicted octanol–water partition coefficient (Wildman–Crippen LogP) is -0.0677. The van der Waals surface area contributed by atoms with E-state index < -0.39 is 0 Å². The highest BCUT2D eigenvalue weighted by molar-refractivity contribution is 7.98. The number of nitrogens with zero attached hydrogens (tertiary/aromatic N) is 3. The normalized spacial score (nSPS) is 27.1. The van der Waals surface area contributed by atoms with Crippen molar-refractivity contribution in [2.75, 3.05) is 12.8 Å². The van der Waals surface area contributed by atoms with Gasteiger partial charge in [-0.2, -0.15) is 0 Å². The third kappa shape index (κ3) is 1.65. The Balaban J connectivity index is 2.20. The van der Waals surface area contributed by atoms with Crippen molar-refractivity contribution in [1.29, 1.82) is 0 Å². The minimum atomic E-state index is -0.255. The molecule has 78 valence electrons. The fourth-order valence-corrected chi connectivity index (χ4v) is 2.21. The molecule has 1 aromatic rings. The van der Waals surface area contributed by atoms with Gasteiger partial charge in [-0.3, -0.25) is 0 Å². The third-order valence-corrected chi connectivity index (χ3v) is 3.19. The van der Waals surface area contributed by atoms with Crippen LogP contribution in [0.25, 0.3) is 0 Å². The van der Waals surface area contributed by atoms with Crippen LogP contribution in [-0.4, -0.2) is 38.8 Å². The molecular weight excluding hydrogens is 200 g/mol. The van der Waals surface area contributed by atoms with E-state index >= 15 is 0 Å². The van der Waals surface area contributed by atoms with Gasteiger partial charge in [-0.05, 0) is 12.7 Å². The lowest BCUT2D eigenvalue weighted by Gasteiger charge is -2.08. The topological polar surface area (TPSA) is 63.0 Å². The fourth-order valence-electron chi connectivity index (χ4n) is 1.72. The second-order valence-corrected chi connectivity index (χ2v) is 4.23. The first-order valence-electron chi connectivity index (χ1n) is 4.57. The molecule has 2 N–H and O–H groups in total. The Labute approximate surface area is 86.9 Å². The van der Waals surface area contributed by atoms with Gasteiger partial charge >= 0.3 is 0 Å². The van der Waals surface area contributed by atoms with E-state index in [1.165, 1.54) is 0 Å². The minimum absolute atomic E-state index is 0.142. The minimum Gasteiger partial charge on any atom is -0.392 e.